The Morgan fingerprint density at radius 3 is 2.25 bits per heavy atom. The Kier molecular flexibility index (Phi) is 5.29. The Morgan fingerprint density at radius 1 is 1.10 bits per heavy atom. The summed E-state index contributed by atoms with van der Waals surface area (Å²) in [5, 5.41) is 0.535. The van der Waals surface area contributed by atoms with Crippen LogP contribution in [-0.4, -0.2) is 23.7 Å². The fraction of sp³-hybridized carbons (Fsp3) is 0.286. The summed E-state index contributed by atoms with van der Waals surface area (Å²) in [6.45, 7) is 0.623. The van der Waals surface area contributed by atoms with Crippen molar-refractivity contribution in [3.05, 3.63) is 46.2 Å². The lowest BCUT2D eigenvalue weighted by Gasteiger charge is -2.08. The highest BCUT2D eigenvalue weighted by Gasteiger charge is 2.13. The molecule has 0 saturated heterocycles. The van der Waals surface area contributed by atoms with Crippen molar-refractivity contribution < 1.29 is 9.13 Å². The van der Waals surface area contributed by atoms with Gasteiger partial charge < -0.3 is 4.74 Å². The molecule has 0 aliphatic heterocycles. The number of ether oxygens (including phenoxy) is 1. The zero-order valence-corrected chi connectivity index (χ0v) is 12.4. The third kappa shape index (κ3) is 3.66. The van der Waals surface area contributed by atoms with Crippen molar-refractivity contribution in [2.75, 3.05) is 13.7 Å². The van der Waals surface area contributed by atoms with Crippen LogP contribution in [0.1, 0.15) is 12.2 Å². The minimum absolute atomic E-state index is 0.268. The van der Waals surface area contributed by atoms with Crippen molar-refractivity contribution in [3.8, 4) is 11.1 Å². The van der Waals surface area contributed by atoms with Gasteiger partial charge in [0.25, 0.3) is 0 Å². The van der Waals surface area contributed by atoms with Crippen LogP contribution in [0.5, 0.6) is 0 Å². The molecule has 0 saturated carbocycles. The summed E-state index contributed by atoms with van der Waals surface area (Å²) in [7, 11) is 1.64. The van der Waals surface area contributed by atoms with Crippen molar-refractivity contribution in [3.63, 3.8) is 0 Å². The molecule has 1 aromatic carbocycles. The number of hydrogen-bond donors (Lipinski definition) is 0. The van der Waals surface area contributed by atoms with Gasteiger partial charge in [-0.1, -0.05) is 35.3 Å². The molecule has 0 radical (unpaired) electrons. The van der Waals surface area contributed by atoms with Crippen LogP contribution in [0.3, 0.4) is 0 Å². The Labute approximate surface area is 126 Å². The van der Waals surface area contributed by atoms with Gasteiger partial charge in [-0.05, 0) is 24.1 Å². The number of aryl methyl sites for hydroxylation is 1. The molecule has 0 spiro atoms. The van der Waals surface area contributed by atoms with Crippen LogP contribution in [0.25, 0.3) is 11.1 Å². The molecule has 0 bridgehead atoms. The first-order valence-corrected chi connectivity index (χ1v) is 6.84. The van der Waals surface area contributed by atoms with Gasteiger partial charge in [0.2, 0.25) is 0 Å². The number of nitrogens with zero attached hydrogens (tertiary/aromatic N) is 2. The third-order valence-electron chi connectivity index (χ3n) is 2.75. The Hall–Kier alpha value is -1.23. The predicted molar refractivity (Wildman–Crippen MR) is 77.6 cm³/mol. The highest BCUT2D eigenvalue weighted by molar-refractivity contribution is 6.37. The van der Waals surface area contributed by atoms with E-state index in [1.807, 2.05) is 0 Å². The second kappa shape index (κ2) is 6.97. The zero-order chi connectivity index (χ0) is 14.5. The molecule has 2 aromatic rings. The topological polar surface area (TPSA) is 35.0 Å². The van der Waals surface area contributed by atoms with Gasteiger partial charge in [-0.25, -0.2) is 14.4 Å². The maximum absolute atomic E-state index is 12.9. The van der Waals surface area contributed by atoms with Gasteiger partial charge in [0.1, 0.15) is 21.9 Å². The fourth-order valence-corrected chi connectivity index (χ4v) is 2.43. The Morgan fingerprint density at radius 2 is 1.70 bits per heavy atom. The number of halogens is 3. The molecule has 0 N–H and O–H groups in total. The van der Waals surface area contributed by atoms with E-state index in [1.54, 1.807) is 19.2 Å². The van der Waals surface area contributed by atoms with Gasteiger partial charge in [0, 0.05) is 20.1 Å². The molecule has 20 heavy (non-hydrogen) atoms. The monoisotopic (exact) mass is 314 g/mol. The average Bonchev–Trinajstić information content (AvgIpc) is 2.40. The molecule has 0 unspecified atom stereocenters. The van der Waals surface area contributed by atoms with E-state index in [2.05, 4.69) is 9.97 Å². The molecule has 0 amide bonds. The van der Waals surface area contributed by atoms with Crippen LogP contribution in [0, 0.1) is 5.82 Å². The van der Waals surface area contributed by atoms with E-state index in [-0.39, 0.29) is 16.1 Å². The zero-order valence-electron chi connectivity index (χ0n) is 10.9. The normalized spacial score (nSPS) is 10.8. The van der Waals surface area contributed by atoms with Crippen LogP contribution in [0.15, 0.2) is 24.3 Å². The van der Waals surface area contributed by atoms with Crippen LogP contribution in [-0.2, 0) is 11.2 Å². The molecular weight excluding hydrogens is 302 g/mol. The van der Waals surface area contributed by atoms with E-state index in [4.69, 9.17) is 27.9 Å². The van der Waals surface area contributed by atoms with E-state index in [1.165, 1.54) is 12.1 Å². The van der Waals surface area contributed by atoms with E-state index in [0.717, 1.165) is 6.42 Å². The SMILES string of the molecule is COCCCc1nc(Cl)c(-c2ccc(F)cc2)c(Cl)n1. The standard InChI is InChI=1S/C14H13Cl2FN2O/c1-20-8-2-3-11-18-13(15)12(14(16)19-11)9-4-6-10(17)7-5-9/h4-7H,2-3,8H2,1H3. The first kappa shape index (κ1) is 15.2. The van der Waals surface area contributed by atoms with Crippen molar-refractivity contribution in [2.24, 2.45) is 0 Å². The summed E-state index contributed by atoms with van der Waals surface area (Å²) in [6.07, 6.45) is 1.43. The average molecular weight is 315 g/mol. The van der Waals surface area contributed by atoms with E-state index in [0.29, 0.717) is 30.0 Å². The smallest absolute Gasteiger partial charge is 0.142 e. The first-order chi connectivity index (χ1) is 9.61. The van der Waals surface area contributed by atoms with E-state index >= 15 is 0 Å². The second-order valence-electron chi connectivity index (χ2n) is 4.20. The quantitative estimate of drug-likeness (QED) is 0.613. The van der Waals surface area contributed by atoms with Gasteiger partial charge in [-0.2, -0.15) is 0 Å². The van der Waals surface area contributed by atoms with Crippen molar-refractivity contribution in [2.45, 2.75) is 12.8 Å². The lowest BCUT2D eigenvalue weighted by Crippen LogP contribution is -2.01. The largest absolute Gasteiger partial charge is 0.385 e. The lowest BCUT2D eigenvalue weighted by molar-refractivity contribution is 0.194. The molecule has 106 valence electrons. The summed E-state index contributed by atoms with van der Waals surface area (Å²) >= 11 is 12.3. The summed E-state index contributed by atoms with van der Waals surface area (Å²) in [6, 6.07) is 5.87. The minimum Gasteiger partial charge on any atom is -0.385 e. The highest BCUT2D eigenvalue weighted by Crippen LogP contribution is 2.32. The summed E-state index contributed by atoms with van der Waals surface area (Å²) in [5.41, 5.74) is 1.20. The maximum Gasteiger partial charge on any atom is 0.142 e. The number of hydrogen-bond acceptors (Lipinski definition) is 3. The molecule has 6 heteroatoms. The molecule has 3 nitrogen and oxygen atoms in total. The maximum atomic E-state index is 12.9. The number of methoxy groups -OCH3 is 1. The molecule has 1 aromatic heterocycles. The molecule has 0 aliphatic carbocycles. The van der Waals surface area contributed by atoms with Crippen LogP contribution < -0.4 is 0 Å². The van der Waals surface area contributed by atoms with Gasteiger partial charge in [-0.15, -0.1) is 0 Å². The summed E-state index contributed by atoms with van der Waals surface area (Å²) < 4.78 is 17.9. The molecule has 1 heterocycles. The number of benzene rings is 1. The molecular formula is C14H13Cl2FN2O. The summed E-state index contributed by atoms with van der Waals surface area (Å²) in [5.74, 6) is 0.251. The number of aromatic nitrogens is 2. The van der Waals surface area contributed by atoms with E-state index < -0.39 is 0 Å². The van der Waals surface area contributed by atoms with Crippen molar-refractivity contribution >= 4 is 23.2 Å². The van der Waals surface area contributed by atoms with Crippen LogP contribution in [0.4, 0.5) is 4.39 Å². The third-order valence-corrected chi connectivity index (χ3v) is 3.30. The molecule has 0 aliphatic rings. The molecule has 2 rings (SSSR count). The Bertz CT molecular complexity index is 567. The minimum atomic E-state index is -0.321. The molecule has 0 fully saturated rings. The van der Waals surface area contributed by atoms with E-state index in [9.17, 15) is 4.39 Å². The summed E-state index contributed by atoms with van der Waals surface area (Å²) in [4.78, 5) is 8.45. The Balaban J connectivity index is 2.29. The van der Waals surface area contributed by atoms with Crippen LogP contribution in [0.2, 0.25) is 10.3 Å². The van der Waals surface area contributed by atoms with Gasteiger partial charge in [0.05, 0.1) is 5.56 Å². The number of rotatable bonds is 5. The lowest BCUT2D eigenvalue weighted by atomic mass is 10.1. The van der Waals surface area contributed by atoms with Crippen LogP contribution >= 0.6 is 23.2 Å². The van der Waals surface area contributed by atoms with Crippen molar-refractivity contribution in [1.29, 1.82) is 0 Å². The van der Waals surface area contributed by atoms with Gasteiger partial charge in [0.15, 0.2) is 0 Å². The van der Waals surface area contributed by atoms with Gasteiger partial charge >= 0.3 is 0 Å². The predicted octanol–water partition coefficient (Wildman–Crippen LogP) is 4.17. The fourth-order valence-electron chi connectivity index (χ4n) is 1.79. The highest BCUT2D eigenvalue weighted by atomic mass is 35.5. The van der Waals surface area contributed by atoms with Crippen molar-refractivity contribution in [1.82, 2.24) is 9.97 Å². The van der Waals surface area contributed by atoms with Gasteiger partial charge in [-0.3, -0.25) is 0 Å². The molecule has 0 atom stereocenters. The first-order valence-electron chi connectivity index (χ1n) is 6.08. The second-order valence-corrected chi connectivity index (χ2v) is 4.92.